The molecular weight excluding hydrogens is 292 g/mol. The molecule has 0 spiro atoms. The van der Waals surface area contributed by atoms with Gasteiger partial charge in [-0.25, -0.2) is 9.97 Å². The standard InChI is InChI=1S/C17H20N4O2/c22-16(8-13-4-3-6-18-9-13)19-10-14-11-20-17(21-12-14)15-5-1-2-7-23-15/h3-4,6,9,11-12,15H,1-2,5,7-8,10H2,(H,19,22)/t15-/m0/s1. The molecule has 0 bridgehead atoms. The van der Waals surface area contributed by atoms with E-state index in [9.17, 15) is 4.79 Å². The first-order valence-electron chi connectivity index (χ1n) is 7.89. The van der Waals surface area contributed by atoms with Gasteiger partial charge in [0.1, 0.15) is 6.10 Å². The second kappa shape index (κ2) is 7.78. The van der Waals surface area contributed by atoms with E-state index in [1.165, 1.54) is 0 Å². The number of ether oxygens (including phenoxy) is 1. The predicted molar refractivity (Wildman–Crippen MR) is 84.4 cm³/mol. The van der Waals surface area contributed by atoms with Crippen molar-refractivity contribution in [2.75, 3.05) is 6.61 Å². The summed E-state index contributed by atoms with van der Waals surface area (Å²) in [5.74, 6) is 0.688. The fourth-order valence-corrected chi connectivity index (χ4v) is 2.52. The van der Waals surface area contributed by atoms with Crippen LogP contribution in [0.15, 0.2) is 36.9 Å². The Kier molecular flexibility index (Phi) is 5.26. The van der Waals surface area contributed by atoms with E-state index in [4.69, 9.17) is 4.74 Å². The van der Waals surface area contributed by atoms with Crippen molar-refractivity contribution in [3.05, 3.63) is 53.9 Å². The summed E-state index contributed by atoms with van der Waals surface area (Å²) in [5, 5.41) is 2.87. The van der Waals surface area contributed by atoms with Crippen LogP contribution in [0.25, 0.3) is 0 Å². The SMILES string of the molecule is O=C(Cc1cccnc1)NCc1cnc([C@@H]2CCCCO2)nc1. The Morgan fingerprint density at radius 2 is 2.09 bits per heavy atom. The third-order valence-electron chi connectivity index (χ3n) is 3.77. The Morgan fingerprint density at radius 1 is 1.22 bits per heavy atom. The number of nitrogens with one attached hydrogen (secondary N) is 1. The van der Waals surface area contributed by atoms with Gasteiger partial charge in [-0.15, -0.1) is 0 Å². The molecule has 1 N–H and O–H groups in total. The monoisotopic (exact) mass is 312 g/mol. The second-order valence-electron chi connectivity index (χ2n) is 5.62. The summed E-state index contributed by atoms with van der Waals surface area (Å²) in [5.41, 5.74) is 1.77. The lowest BCUT2D eigenvalue weighted by molar-refractivity contribution is -0.120. The Hall–Kier alpha value is -2.34. The van der Waals surface area contributed by atoms with Gasteiger partial charge in [-0.05, 0) is 30.9 Å². The fraction of sp³-hybridized carbons (Fsp3) is 0.412. The second-order valence-corrected chi connectivity index (χ2v) is 5.62. The Balaban J connectivity index is 1.49. The molecule has 3 heterocycles. The molecule has 0 aliphatic carbocycles. The van der Waals surface area contributed by atoms with Crippen LogP contribution >= 0.6 is 0 Å². The van der Waals surface area contributed by atoms with Gasteiger partial charge in [0.05, 0.1) is 6.42 Å². The van der Waals surface area contributed by atoms with E-state index < -0.39 is 0 Å². The molecule has 2 aromatic heterocycles. The van der Waals surface area contributed by atoms with Crippen LogP contribution in [0.3, 0.4) is 0 Å². The average Bonchev–Trinajstić information content (AvgIpc) is 2.62. The van der Waals surface area contributed by atoms with Gasteiger partial charge in [0.25, 0.3) is 0 Å². The van der Waals surface area contributed by atoms with Crippen LogP contribution in [0.2, 0.25) is 0 Å². The van der Waals surface area contributed by atoms with Gasteiger partial charge in [-0.1, -0.05) is 6.07 Å². The van der Waals surface area contributed by atoms with E-state index in [0.29, 0.717) is 13.0 Å². The van der Waals surface area contributed by atoms with Crippen molar-refractivity contribution in [3.8, 4) is 0 Å². The van der Waals surface area contributed by atoms with Gasteiger partial charge >= 0.3 is 0 Å². The van der Waals surface area contributed by atoms with E-state index in [1.807, 2.05) is 12.1 Å². The number of amides is 1. The molecule has 3 rings (SSSR count). The molecule has 6 nitrogen and oxygen atoms in total. The highest BCUT2D eigenvalue weighted by atomic mass is 16.5. The number of nitrogens with zero attached hydrogens (tertiary/aromatic N) is 3. The van der Waals surface area contributed by atoms with Gasteiger partial charge in [-0.3, -0.25) is 9.78 Å². The highest BCUT2D eigenvalue weighted by Crippen LogP contribution is 2.24. The lowest BCUT2D eigenvalue weighted by Gasteiger charge is -2.21. The minimum atomic E-state index is -0.0438. The molecule has 6 heteroatoms. The fourth-order valence-electron chi connectivity index (χ4n) is 2.52. The summed E-state index contributed by atoms with van der Waals surface area (Å²) in [7, 11) is 0. The number of aromatic nitrogens is 3. The van der Waals surface area contributed by atoms with Crippen LogP contribution in [0.1, 0.15) is 42.3 Å². The zero-order valence-electron chi connectivity index (χ0n) is 12.9. The lowest BCUT2D eigenvalue weighted by Crippen LogP contribution is -2.25. The molecule has 2 aromatic rings. The Labute approximate surface area is 135 Å². The molecule has 1 aliphatic heterocycles. The average molecular weight is 312 g/mol. The smallest absolute Gasteiger partial charge is 0.224 e. The highest BCUT2D eigenvalue weighted by Gasteiger charge is 2.18. The van der Waals surface area contributed by atoms with Crippen LogP contribution in [0.5, 0.6) is 0 Å². The van der Waals surface area contributed by atoms with E-state index >= 15 is 0 Å². The van der Waals surface area contributed by atoms with E-state index in [2.05, 4.69) is 20.3 Å². The molecule has 0 unspecified atom stereocenters. The molecule has 23 heavy (non-hydrogen) atoms. The van der Waals surface area contributed by atoms with E-state index in [-0.39, 0.29) is 12.0 Å². The van der Waals surface area contributed by atoms with Gasteiger partial charge in [-0.2, -0.15) is 0 Å². The molecule has 0 saturated carbocycles. The molecule has 120 valence electrons. The number of carbonyl (C=O) groups is 1. The van der Waals surface area contributed by atoms with Gasteiger partial charge in [0.15, 0.2) is 5.82 Å². The van der Waals surface area contributed by atoms with Crippen molar-refractivity contribution in [2.45, 2.75) is 38.3 Å². The minimum absolute atomic E-state index is 0.0120. The molecule has 1 amide bonds. The van der Waals surface area contributed by atoms with Crippen LogP contribution < -0.4 is 5.32 Å². The van der Waals surface area contributed by atoms with Crippen LogP contribution in [0, 0.1) is 0 Å². The summed E-state index contributed by atoms with van der Waals surface area (Å²) in [4.78, 5) is 24.6. The first kappa shape index (κ1) is 15.6. The third-order valence-corrected chi connectivity index (χ3v) is 3.77. The predicted octanol–water partition coefficient (Wildman–Crippen LogP) is 1.97. The van der Waals surface area contributed by atoms with E-state index in [0.717, 1.165) is 42.8 Å². The number of hydrogen-bond donors (Lipinski definition) is 1. The first-order chi connectivity index (χ1) is 11.3. The summed E-state index contributed by atoms with van der Waals surface area (Å²) >= 11 is 0. The minimum Gasteiger partial charge on any atom is -0.370 e. The quantitative estimate of drug-likeness (QED) is 0.913. The molecule has 1 atom stereocenters. The third kappa shape index (κ3) is 4.56. The Morgan fingerprint density at radius 3 is 2.78 bits per heavy atom. The van der Waals surface area contributed by atoms with Gasteiger partial charge < -0.3 is 10.1 Å². The topological polar surface area (TPSA) is 77.0 Å². The molecular formula is C17H20N4O2. The summed E-state index contributed by atoms with van der Waals surface area (Å²) < 4.78 is 5.67. The number of hydrogen-bond acceptors (Lipinski definition) is 5. The largest absolute Gasteiger partial charge is 0.370 e. The number of pyridine rings is 1. The number of rotatable bonds is 5. The zero-order chi connectivity index (χ0) is 15.9. The van der Waals surface area contributed by atoms with Crippen molar-refractivity contribution in [3.63, 3.8) is 0 Å². The summed E-state index contributed by atoms with van der Waals surface area (Å²) in [6.07, 6.45) is 10.5. The highest BCUT2D eigenvalue weighted by molar-refractivity contribution is 5.78. The van der Waals surface area contributed by atoms with Crippen LogP contribution in [0.4, 0.5) is 0 Å². The summed E-state index contributed by atoms with van der Waals surface area (Å²) in [6, 6.07) is 3.71. The van der Waals surface area contributed by atoms with Gasteiger partial charge in [0, 0.05) is 43.5 Å². The molecule has 0 radical (unpaired) electrons. The summed E-state index contributed by atoms with van der Waals surface area (Å²) in [6.45, 7) is 1.20. The molecule has 1 saturated heterocycles. The van der Waals surface area contributed by atoms with Crippen LogP contribution in [-0.2, 0) is 22.5 Å². The van der Waals surface area contributed by atoms with Gasteiger partial charge in [0.2, 0.25) is 5.91 Å². The van der Waals surface area contributed by atoms with Crippen molar-refractivity contribution in [1.29, 1.82) is 0 Å². The maximum absolute atomic E-state index is 11.9. The number of carbonyl (C=O) groups excluding carboxylic acids is 1. The van der Waals surface area contributed by atoms with Crippen molar-refractivity contribution >= 4 is 5.91 Å². The lowest BCUT2D eigenvalue weighted by atomic mass is 10.1. The zero-order valence-corrected chi connectivity index (χ0v) is 12.9. The van der Waals surface area contributed by atoms with E-state index in [1.54, 1.807) is 24.8 Å². The molecule has 1 fully saturated rings. The van der Waals surface area contributed by atoms with Crippen molar-refractivity contribution in [1.82, 2.24) is 20.3 Å². The van der Waals surface area contributed by atoms with Crippen molar-refractivity contribution in [2.24, 2.45) is 0 Å². The molecule has 0 aromatic carbocycles. The van der Waals surface area contributed by atoms with Crippen molar-refractivity contribution < 1.29 is 9.53 Å². The van der Waals surface area contributed by atoms with Crippen LogP contribution in [-0.4, -0.2) is 27.5 Å². The maximum atomic E-state index is 11.9. The molecule has 1 aliphatic rings. The first-order valence-corrected chi connectivity index (χ1v) is 7.89. The Bertz CT molecular complexity index is 625. The maximum Gasteiger partial charge on any atom is 0.224 e. The normalized spacial score (nSPS) is 17.7.